The van der Waals surface area contributed by atoms with Crippen molar-refractivity contribution >= 4 is 35.2 Å². The Balaban J connectivity index is 1.56. The zero-order valence-corrected chi connectivity index (χ0v) is 14.8. The zero-order valence-electron chi connectivity index (χ0n) is 13.2. The highest BCUT2D eigenvalue weighted by Gasteiger charge is 2.34. The molecule has 3 rings (SSSR count). The highest BCUT2D eigenvalue weighted by molar-refractivity contribution is 6.42. The maximum absolute atomic E-state index is 12.2. The van der Waals surface area contributed by atoms with Gasteiger partial charge in [-0.1, -0.05) is 59.6 Å². The van der Waals surface area contributed by atoms with Crippen molar-refractivity contribution in [3.05, 3.63) is 69.7 Å². The number of carbonyl (C=O) groups excluding carboxylic acids is 2. The van der Waals surface area contributed by atoms with E-state index < -0.39 is 12.0 Å². The first-order valence-corrected chi connectivity index (χ1v) is 8.48. The Bertz CT molecular complexity index is 783. The van der Waals surface area contributed by atoms with Crippen LogP contribution in [-0.4, -0.2) is 29.5 Å². The Kier molecular flexibility index (Phi) is 5.46. The van der Waals surface area contributed by atoms with Gasteiger partial charge in [-0.15, -0.1) is 0 Å². The molecule has 1 aliphatic heterocycles. The monoisotopic (exact) mass is 378 g/mol. The fourth-order valence-electron chi connectivity index (χ4n) is 2.55. The molecule has 1 aliphatic rings. The number of urea groups is 1. The van der Waals surface area contributed by atoms with Crippen LogP contribution in [0.15, 0.2) is 48.5 Å². The van der Waals surface area contributed by atoms with E-state index in [2.05, 4.69) is 5.32 Å². The fraction of sp³-hybridized carbons (Fsp3) is 0.222. The summed E-state index contributed by atoms with van der Waals surface area (Å²) in [5, 5.41) is 3.53. The quantitative estimate of drug-likeness (QED) is 0.808. The summed E-state index contributed by atoms with van der Waals surface area (Å²) in [6.07, 6.45) is 0. The van der Waals surface area contributed by atoms with Crippen LogP contribution in [0.4, 0.5) is 4.79 Å². The molecule has 1 N–H and O–H groups in total. The van der Waals surface area contributed by atoms with Crippen LogP contribution in [-0.2, 0) is 22.7 Å². The van der Waals surface area contributed by atoms with Crippen molar-refractivity contribution < 1.29 is 14.3 Å². The van der Waals surface area contributed by atoms with E-state index in [1.807, 2.05) is 30.3 Å². The third-order valence-electron chi connectivity index (χ3n) is 3.85. The second kappa shape index (κ2) is 7.76. The van der Waals surface area contributed by atoms with E-state index in [-0.39, 0.29) is 19.2 Å². The third kappa shape index (κ3) is 4.44. The molecule has 0 saturated carbocycles. The third-order valence-corrected chi connectivity index (χ3v) is 4.59. The Morgan fingerprint density at radius 2 is 1.88 bits per heavy atom. The summed E-state index contributed by atoms with van der Waals surface area (Å²) in [4.78, 5) is 25.8. The van der Waals surface area contributed by atoms with Crippen molar-refractivity contribution in [2.45, 2.75) is 19.2 Å². The molecule has 2 aromatic carbocycles. The van der Waals surface area contributed by atoms with Crippen LogP contribution in [0.3, 0.4) is 0 Å². The molecule has 7 heteroatoms. The molecule has 0 aromatic heterocycles. The summed E-state index contributed by atoms with van der Waals surface area (Å²) in [7, 11) is 0. The summed E-state index contributed by atoms with van der Waals surface area (Å²) >= 11 is 11.9. The summed E-state index contributed by atoms with van der Waals surface area (Å²) in [6, 6.07) is 13.6. The predicted octanol–water partition coefficient (Wildman–Crippen LogP) is 3.63. The molecule has 1 heterocycles. The largest absolute Gasteiger partial charge is 0.459 e. The number of ether oxygens (including phenoxy) is 1. The Labute approximate surface area is 155 Å². The number of hydrogen-bond acceptors (Lipinski definition) is 3. The van der Waals surface area contributed by atoms with Crippen molar-refractivity contribution in [2.24, 2.45) is 0 Å². The van der Waals surface area contributed by atoms with Crippen LogP contribution in [0.1, 0.15) is 11.1 Å². The van der Waals surface area contributed by atoms with Crippen LogP contribution < -0.4 is 5.32 Å². The van der Waals surface area contributed by atoms with E-state index in [0.29, 0.717) is 16.6 Å². The Morgan fingerprint density at radius 3 is 2.60 bits per heavy atom. The normalized spacial score (nSPS) is 16.6. The summed E-state index contributed by atoms with van der Waals surface area (Å²) in [5.41, 5.74) is 1.73. The minimum atomic E-state index is -0.681. The minimum Gasteiger partial charge on any atom is -0.459 e. The van der Waals surface area contributed by atoms with Gasteiger partial charge in [-0.05, 0) is 23.3 Å². The number of halogens is 2. The van der Waals surface area contributed by atoms with E-state index >= 15 is 0 Å². The highest BCUT2D eigenvalue weighted by atomic mass is 35.5. The lowest BCUT2D eigenvalue weighted by atomic mass is 10.2. The fourth-order valence-corrected chi connectivity index (χ4v) is 2.87. The van der Waals surface area contributed by atoms with Gasteiger partial charge in [0.15, 0.2) is 0 Å². The molecule has 25 heavy (non-hydrogen) atoms. The molecule has 0 radical (unpaired) electrons. The first-order chi connectivity index (χ1) is 12.0. The van der Waals surface area contributed by atoms with Gasteiger partial charge in [0.25, 0.3) is 0 Å². The van der Waals surface area contributed by atoms with E-state index in [9.17, 15) is 9.59 Å². The number of carbonyl (C=O) groups is 2. The Hall–Kier alpha value is -2.24. The number of esters is 1. The standard InChI is InChI=1S/C18H16Cl2N2O3/c19-14-7-6-13(8-15(14)20)9-22-10-16(21-18(22)24)17(23)25-11-12-4-2-1-3-5-12/h1-8,16H,9-11H2,(H,21,24). The minimum absolute atomic E-state index is 0.179. The molecule has 1 unspecified atom stereocenters. The van der Waals surface area contributed by atoms with E-state index in [1.165, 1.54) is 4.90 Å². The van der Waals surface area contributed by atoms with Crippen molar-refractivity contribution in [1.29, 1.82) is 0 Å². The molecule has 130 valence electrons. The number of nitrogens with one attached hydrogen (secondary N) is 1. The van der Waals surface area contributed by atoms with Crippen LogP contribution >= 0.6 is 23.2 Å². The van der Waals surface area contributed by atoms with Crippen molar-refractivity contribution in [1.82, 2.24) is 10.2 Å². The second-order valence-corrected chi connectivity index (χ2v) is 6.54. The van der Waals surface area contributed by atoms with Crippen LogP contribution in [0.5, 0.6) is 0 Å². The number of amides is 2. The number of benzene rings is 2. The lowest BCUT2D eigenvalue weighted by Gasteiger charge is -2.15. The van der Waals surface area contributed by atoms with Gasteiger partial charge in [0.2, 0.25) is 0 Å². The molecule has 0 aliphatic carbocycles. The van der Waals surface area contributed by atoms with E-state index in [0.717, 1.165) is 11.1 Å². The van der Waals surface area contributed by atoms with Crippen molar-refractivity contribution in [3.8, 4) is 0 Å². The predicted molar refractivity (Wildman–Crippen MR) is 95.4 cm³/mol. The van der Waals surface area contributed by atoms with Gasteiger partial charge < -0.3 is 15.0 Å². The van der Waals surface area contributed by atoms with Crippen LogP contribution in [0.2, 0.25) is 10.0 Å². The van der Waals surface area contributed by atoms with Gasteiger partial charge in [0.05, 0.1) is 16.6 Å². The van der Waals surface area contributed by atoms with Gasteiger partial charge in [0, 0.05) is 6.54 Å². The maximum Gasteiger partial charge on any atom is 0.330 e. The van der Waals surface area contributed by atoms with E-state index in [1.54, 1.807) is 18.2 Å². The van der Waals surface area contributed by atoms with Gasteiger partial charge >= 0.3 is 12.0 Å². The molecular formula is C18H16Cl2N2O3. The Morgan fingerprint density at radius 1 is 1.12 bits per heavy atom. The van der Waals surface area contributed by atoms with Gasteiger partial charge in [0.1, 0.15) is 12.6 Å². The maximum atomic E-state index is 12.2. The average molecular weight is 379 g/mol. The summed E-state index contributed by atoms with van der Waals surface area (Å²) < 4.78 is 5.27. The molecule has 2 amide bonds. The summed E-state index contributed by atoms with van der Waals surface area (Å²) in [6.45, 7) is 0.761. The van der Waals surface area contributed by atoms with Gasteiger partial charge in [-0.25, -0.2) is 9.59 Å². The van der Waals surface area contributed by atoms with Crippen LogP contribution in [0, 0.1) is 0 Å². The van der Waals surface area contributed by atoms with Gasteiger partial charge in [-0.3, -0.25) is 0 Å². The number of hydrogen-bond donors (Lipinski definition) is 1. The SMILES string of the molecule is O=C(OCc1ccccc1)C1CN(Cc2ccc(Cl)c(Cl)c2)C(=O)N1. The summed E-state index contributed by atoms with van der Waals surface area (Å²) in [5.74, 6) is -0.450. The molecule has 5 nitrogen and oxygen atoms in total. The van der Waals surface area contributed by atoms with Gasteiger partial charge in [-0.2, -0.15) is 0 Å². The molecular weight excluding hydrogens is 363 g/mol. The smallest absolute Gasteiger partial charge is 0.330 e. The molecule has 1 fully saturated rings. The van der Waals surface area contributed by atoms with Crippen molar-refractivity contribution in [3.63, 3.8) is 0 Å². The zero-order chi connectivity index (χ0) is 17.8. The molecule has 0 bridgehead atoms. The average Bonchev–Trinajstić information content (AvgIpc) is 2.98. The molecule has 1 saturated heterocycles. The molecule has 0 spiro atoms. The molecule has 2 aromatic rings. The van der Waals surface area contributed by atoms with Crippen LogP contribution in [0.25, 0.3) is 0 Å². The van der Waals surface area contributed by atoms with Crippen molar-refractivity contribution in [2.75, 3.05) is 6.54 Å². The first kappa shape index (κ1) is 17.6. The lowest BCUT2D eigenvalue weighted by Crippen LogP contribution is -2.35. The van der Waals surface area contributed by atoms with E-state index in [4.69, 9.17) is 27.9 Å². The topological polar surface area (TPSA) is 58.6 Å². The lowest BCUT2D eigenvalue weighted by molar-refractivity contribution is -0.146. The number of nitrogens with zero attached hydrogens (tertiary/aromatic N) is 1. The number of rotatable bonds is 5. The second-order valence-electron chi connectivity index (χ2n) is 5.72. The first-order valence-electron chi connectivity index (χ1n) is 7.73. The molecule has 1 atom stereocenters. The highest BCUT2D eigenvalue weighted by Crippen LogP contribution is 2.23.